The Labute approximate surface area is 117 Å². The molecule has 1 aromatic heterocycles. The summed E-state index contributed by atoms with van der Waals surface area (Å²) in [6.07, 6.45) is 3.60. The van der Waals surface area contributed by atoms with E-state index in [2.05, 4.69) is 15.6 Å². The number of aliphatic hydroxyl groups is 1. The molecule has 3 N–H and O–H groups in total. The number of rotatable bonds is 6. The van der Waals surface area contributed by atoms with Crippen LogP contribution in [0.25, 0.3) is 0 Å². The van der Waals surface area contributed by atoms with Gasteiger partial charge in [-0.2, -0.15) is 0 Å². The second-order valence-corrected chi connectivity index (χ2v) is 5.20. The molecule has 2 unspecified atom stereocenters. The van der Waals surface area contributed by atoms with E-state index in [1.54, 1.807) is 0 Å². The van der Waals surface area contributed by atoms with Gasteiger partial charge in [0.1, 0.15) is 0 Å². The van der Waals surface area contributed by atoms with E-state index < -0.39 is 11.6 Å². The summed E-state index contributed by atoms with van der Waals surface area (Å²) < 4.78 is 27.4. The Morgan fingerprint density at radius 3 is 2.75 bits per heavy atom. The number of aliphatic hydroxyl groups excluding tert-OH is 1. The first-order valence-electron chi connectivity index (χ1n) is 7.13. The highest BCUT2D eigenvalue weighted by Crippen LogP contribution is 2.29. The molecule has 1 aromatic rings. The van der Waals surface area contributed by atoms with Crippen molar-refractivity contribution in [2.75, 3.05) is 23.8 Å². The van der Waals surface area contributed by atoms with Crippen molar-refractivity contribution < 1.29 is 13.9 Å². The van der Waals surface area contributed by atoms with Crippen molar-refractivity contribution in [2.24, 2.45) is 5.92 Å². The molecule has 112 valence electrons. The van der Waals surface area contributed by atoms with Gasteiger partial charge in [0.25, 0.3) is 0 Å². The van der Waals surface area contributed by atoms with Gasteiger partial charge in [0.05, 0.1) is 0 Å². The fourth-order valence-corrected chi connectivity index (χ4v) is 2.56. The molecule has 0 radical (unpaired) electrons. The number of aromatic nitrogens is 1. The zero-order valence-corrected chi connectivity index (χ0v) is 11.6. The maximum absolute atomic E-state index is 13.8. The van der Waals surface area contributed by atoms with Gasteiger partial charge in [-0.3, -0.25) is 0 Å². The minimum atomic E-state index is -0.701. The Balaban J connectivity index is 2.14. The Bertz CT molecular complexity index is 456. The Kier molecular flexibility index (Phi) is 5.11. The molecule has 0 spiro atoms. The molecular weight excluding hydrogens is 264 g/mol. The summed E-state index contributed by atoms with van der Waals surface area (Å²) in [5.74, 6) is -1.17. The third-order valence-corrected chi connectivity index (χ3v) is 3.69. The van der Waals surface area contributed by atoms with E-state index in [1.807, 2.05) is 6.92 Å². The summed E-state index contributed by atoms with van der Waals surface area (Å²) in [6, 6.07) is 0.836. The van der Waals surface area contributed by atoms with Crippen molar-refractivity contribution in [3.05, 3.63) is 17.7 Å². The molecule has 6 heteroatoms. The number of nitrogens with one attached hydrogen (secondary N) is 2. The average molecular weight is 285 g/mol. The van der Waals surface area contributed by atoms with Gasteiger partial charge in [0.15, 0.2) is 23.3 Å². The first-order valence-corrected chi connectivity index (χ1v) is 7.13. The Morgan fingerprint density at radius 2 is 2.05 bits per heavy atom. The minimum Gasteiger partial charge on any atom is -0.396 e. The van der Waals surface area contributed by atoms with Crippen LogP contribution in [0.2, 0.25) is 0 Å². The first kappa shape index (κ1) is 15.0. The summed E-state index contributed by atoms with van der Waals surface area (Å²) in [7, 11) is 0. The molecule has 1 aliphatic rings. The van der Waals surface area contributed by atoms with Crippen LogP contribution in [-0.4, -0.2) is 29.3 Å². The number of hydrogen-bond donors (Lipinski definition) is 3. The lowest BCUT2D eigenvalue weighted by atomic mass is 10.1. The average Bonchev–Trinajstić information content (AvgIpc) is 2.87. The van der Waals surface area contributed by atoms with E-state index in [9.17, 15) is 13.9 Å². The van der Waals surface area contributed by atoms with Crippen molar-refractivity contribution in [2.45, 2.75) is 38.6 Å². The lowest BCUT2D eigenvalue weighted by molar-refractivity contribution is 0.222. The number of anilines is 2. The van der Waals surface area contributed by atoms with Crippen molar-refractivity contribution in [3.8, 4) is 0 Å². The molecule has 1 aliphatic carbocycles. The quantitative estimate of drug-likeness (QED) is 0.752. The van der Waals surface area contributed by atoms with E-state index in [0.717, 1.165) is 31.7 Å². The van der Waals surface area contributed by atoms with Crippen LogP contribution in [-0.2, 0) is 0 Å². The zero-order chi connectivity index (χ0) is 14.5. The summed E-state index contributed by atoms with van der Waals surface area (Å²) in [4.78, 5) is 3.99. The van der Waals surface area contributed by atoms with E-state index in [1.165, 1.54) is 0 Å². The molecule has 20 heavy (non-hydrogen) atoms. The maximum atomic E-state index is 13.8. The van der Waals surface area contributed by atoms with E-state index >= 15 is 0 Å². The smallest absolute Gasteiger partial charge is 0.168 e. The molecule has 2 atom stereocenters. The molecular formula is C14H21F2N3O. The molecule has 2 rings (SSSR count). The van der Waals surface area contributed by atoms with Crippen molar-refractivity contribution in [3.63, 3.8) is 0 Å². The molecule has 0 aromatic carbocycles. The summed E-state index contributed by atoms with van der Waals surface area (Å²) in [5.41, 5.74) is 0. The van der Waals surface area contributed by atoms with Gasteiger partial charge in [-0.1, -0.05) is 13.3 Å². The first-order chi connectivity index (χ1) is 9.65. The lowest BCUT2D eigenvalue weighted by Gasteiger charge is -2.20. The van der Waals surface area contributed by atoms with E-state index in [-0.39, 0.29) is 30.2 Å². The second kappa shape index (κ2) is 6.83. The minimum absolute atomic E-state index is 0.00788. The van der Waals surface area contributed by atoms with Crippen molar-refractivity contribution >= 4 is 11.6 Å². The predicted octanol–water partition coefficient (Wildman–Crippen LogP) is 2.75. The van der Waals surface area contributed by atoms with Gasteiger partial charge in [-0.15, -0.1) is 0 Å². The van der Waals surface area contributed by atoms with Crippen LogP contribution in [0.15, 0.2) is 6.07 Å². The zero-order valence-electron chi connectivity index (χ0n) is 11.6. The van der Waals surface area contributed by atoms with Crippen molar-refractivity contribution in [1.29, 1.82) is 0 Å². The molecule has 4 nitrogen and oxygen atoms in total. The van der Waals surface area contributed by atoms with Crippen molar-refractivity contribution in [1.82, 2.24) is 4.98 Å². The van der Waals surface area contributed by atoms with Crippen LogP contribution in [0.5, 0.6) is 0 Å². The number of halogens is 2. The van der Waals surface area contributed by atoms with Gasteiger partial charge in [-0.25, -0.2) is 13.8 Å². The van der Waals surface area contributed by atoms with E-state index in [4.69, 9.17) is 0 Å². The van der Waals surface area contributed by atoms with Gasteiger partial charge in [-0.05, 0) is 19.3 Å². The van der Waals surface area contributed by atoms with Gasteiger partial charge < -0.3 is 15.7 Å². The SMILES string of the molecule is CCCNc1nc(NC2CCCC2CO)c(F)cc1F. The topological polar surface area (TPSA) is 57.2 Å². The monoisotopic (exact) mass is 285 g/mol. The van der Waals surface area contributed by atoms with E-state index in [0.29, 0.717) is 6.54 Å². The summed E-state index contributed by atoms with van der Waals surface area (Å²) in [6.45, 7) is 2.61. The highest BCUT2D eigenvalue weighted by atomic mass is 19.1. The van der Waals surface area contributed by atoms with Crippen LogP contribution in [0.3, 0.4) is 0 Å². The molecule has 1 fully saturated rings. The molecule has 1 saturated carbocycles. The van der Waals surface area contributed by atoms with Crippen LogP contribution >= 0.6 is 0 Å². The van der Waals surface area contributed by atoms with Crippen LogP contribution < -0.4 is 10.6 Å². The predicted molar refractivity (Wildman–Crippen MR) is 74.8 cm³/mol. The molecule has 0 aliphatic heterocycles. The highest BCUT2D eigenvalue weighted by molar-refractivity contribution is 5.48. The van der Waals surface area contributed by atoms with Crippen LogP contribution in [0.1, 0.15) is 32.6 Å². The summed E-state index contributed by atoms with van der Waals surface area (Å²) >= 11 is 0. The standard InChI is InChI=1S/C14H21F2N3O/c1-2-6-17-13-10(15)7-11(16)14(19-13)18-12-5-3-4-9(12)8-20/h7,9,12,20H,2-6,8H2,1H3,(H2,17,18,19). The number of nitrogens with zero attached hydrogens (tertiary/aromatic N) is 1. The normalized spacial score (nSPS) is 22.0. The molecule has 1 heterocycles. The van der Waals surface area contributed by atoms with Crippen LogP contribution in [0, 0.1) is 17.6 Å². The molecule has 0 bridgehead atoms. The molecule has 0 amide bonds. The van der Waals surface area contributed by atoms with Gasteiger partial charge in [0, 0.05) is 31.2 Å². The number of pyridine rings is 1. The number of hydrogen-bond acceptors (Lipinski definition) is 4. The fraction of sp³-hybridized carbons (Fsp3) is 0.643. The van der Waals surface area contributed by atoms with Crippen LogP contribution in [0.4, 0.5) is 20.4 Å². The third-order valence-electron chi connectivity index (χ3n) is 3.69. The molecule has 0 saturated heterocycles. The highest BCUT2D eigenvalue weighted by Gasteiger charge is 2.27. The maximum Gasteiger partial charge on any atom is 0.168 e. The third kappa shape index (κ3) is 3.36. The second-order valence-electron chi connectivity index (χ2n) is 5.20. The van der Waals surface area contributed by atoms with Gasteiger partial charge in [0.2, 0.25) is 0 Å². The Morgan fingerprint density at radius 1 is 1.30 bits per heavy atom. The largest absolute Gasteiger partial charge is 0.396 e. The Hall–Kier alpha value is -1.43. The summed E-state index contributed by atoms with van der Waals surface area (Å²) in [5, 5.41) is 15.1. The fourth-order valence-electron chi connectivity index (χ4n) is 2.56. The van der Waals surface area contributed by atoms with Gasteiger partial charge >= 0.3 is 0 Å². The lowest BCUT2D eigenvalue weighted by Crippen LogP contribution is -2.27.